The molecule has 0 N–H and O–H groups in total. The lowest BCUT2D eigenvalue weighted by molar-refractivity contribution is 0.195. The highest BCUT2D eigenvalue weighted by Crippen LogP contribution is 2.26. The van der Waals surface area contributed by atoms with Gasteiger partial charge in [-0.05, 0) is 51.4 Å². The van der Waals surface area contributed by atoms with Crippen LogP contribution in [0.4, 0.5) is 0 Å². The van der Waals surface area contributed by atoms with Gasteiger partial charge in [-0.25, -0.2) is 0 Å². The molecule has 0 fully saturated rings. The summed E-state index contributed by atoms with van der Waals surface area (Å²) in [6, 6.07) is 19.0. The van der Waals surface area contributed by atoms with E-state index in [9.17, 15) is 0 Å². The van der Waals surface area contributed by atoms with Gasteiger partial charge in [-0.3, -0.25) is 4.90 Å². The zero-order chi connectivity index (χ0) is 17.6. The summed E-state index contributed by atoms with van der Waals surface area (Å²) in [5.74, 6) is 0. The van der Waals surface area contributed by atoms with E-state index in [1.165, 1.54) is 10.5 Å². The first-order valence-corrected chi connectivity index (χ1v) is 9.21. The first kappa shape index (κ1) is 18.6. The molecule has 0 aliphatic heterocycles. The third-order valence-electron chi connectivity index (χ3n) is 4.43. The van der Waals surface area contributed by atoms with Crippen molar-refractivity contribution in [2.75, 3.05) is 27.5 Å². The Morgan fingerprint density at radius 3 is 2.21 bits per heavy atom. The molecule has 0 saturated heterocycles. The van der Waals surface area contributed by atoms with E-state index in [-0.39, 0.29) is 5.54 Å². The molecule has 1 atom stereocenters. The van der Waals surface area contributed by atoms with E-state index < -0.39 is 0 Å². The summed E-state index contributed by atoms with van der Waals surface area (Å²) in [6.45, 7) is 2.21. The standard InChI is InChI=1S/C20H26N2OS/c1-20(22(2)3,15-16-9-7-6-8-10-16)19(21-23-4)17-11-13-18(24-5)14-12-17/h6-14H,15H2,1-5H3/b21-19-. The van der Waals surface area contributed by atoms with Crippen molar-refractivity contribution in [2.45, 2.75) is 23.8 Å². The first-order chi connectivity index (χ1) is 11.5. The van der Waals surface area contributed by atoms with Crippen molar-refractivity contribution < 1.29 is 4.84 Å². The van der Waals surface area contributed by atoms with Crippen molar-refractivity contribution in [1.82, 2.24) is 4.90 Å². The smallest absolute Gasteiger partial charge is 0.107 e. The maximum absolute atomic E-state index is 5.21. The summed E-state index contributed by atoms with van der Waals surface area (Å²) >= 11 is 1.74. The third kappa shape index (κ3) is 4.19. The molecule has 0 aliphatic carbocycles. The Labute approximate surface area is 149 Å². The molecular weight excluding hydrogens is 316 g/mol. The number of rotatable bonds is 7. The van der Waals surface area contributed by atoms with Crippen LogP contribution < -0.4 is 0 Å². The molecule has 4 heteroatoms. The SMILES string of the molecule is CO/N=C(/c1ccc(SC)cc1)C(C)(Cc1ccccc1)N(C)C. The van der Waals surface area contributed by atoms with Crippen molar-refractivity contribution in [1.29, 1.82) is 0 Å². The van der Waals surface area contributed by atoms with Gasteiger partial charge in [-0.15, -0.1) is 11.8 Å². The number of oxime groups is 1. The zero-order valence-electron chi connectivity index (χ0n) is 15.1. The maximum Gasteiger partial charge on any atom is 0.107 e. The minimum absolute atomic E-state index is 0.280. The number of nitrogens with zero attached hydrogens (tertiary/aromatic N) is 2. The molecule has 2 rings (SSSR count). The summed E-state index contributed by atoms with van der Waals surface area (Å²) in [5, 5.41) is 4.41. The predicted molar refractivity (Wildman–Crippen MR) is 104 cm³/mol. The first-order valence-electron chi connectivity index (χ1n) is 7.98. The molecule has 0 spiro atoms. The second kappa shape index (κ2) is 8.36. The van der Waals surface area contributed by atoms with Gasteiger partial charge in [0.1, 0.15) is 12.8 Å². The van der Waals surface area contributed by atoms with Gasteiger partial charge in [-0.1, -0.05) is 47.6 Å². The maximum atomic E-state index is 5.21. The van der Waals surface area contributed by atoms with Crippen LogP contribution >= 0.6 is 11.8 Å². The van der Waals surface area contributed by atoms with Gasteiger partial charge in [-0.2, -0.15) is 0 Å². The number of benzene rings is 2. The van der Waals surface area contributed by atoms with E-state index >= 15 is 0 Å². The van der Waals surface area contributed by atoms with Gasteiger partial charge in [0.25, 0.3) is 0 Å². The van der Waals surface area contributed by atoms with Crippen LogP contribution in [0, 0.1) is 0 Å². The van der Waals surface area contributed by atoms with E-state index in [0.717, 1.165) is 17.7 Å². The Bertz CT molecular complexity index is 668. The lowest BCUT2D eigenvalue weighted by Crippen LogP contribution is -2.50. The molecule has 24 heavy (non-hydrogen) atoms. The van der Waals surface area contributed by atoms with Crippen LogP contribution in [0.25, 0.3) is 0 Å². The molecule has 0 heterocycles. The number of thioether (sulfide) groups is 1. The molecule has 2 aromatic rings. The van der Waals surface area contributed by atoms with Crippen molar-refractivity contribution in [3.63, 3.8) is 0 Å². The molecule has 0 amide bonds. The third-order valence-corrected chi connectivity index (χ3v) is 5.18. The molecule has 3 nitrogen and oxygen atoms in total. The monoisotopic (exact) mass is 342 g/mol. The van der Waals surface area contributed by atoms with Gasteiger partial charge in [0.15, 0.2) is 0 Å². The Hall–Kier alpha value is -1.78. The predicted octanol–water partition coefficient (Wildman–Crippen LogP) is 4.32. The molecule has 0 bridgehead atoms. The molecule has 0 radical (unpaired) electrons. The van der Waals surface area contributed by atoms with Crippen molar-refractivity contribution >= 4 is 17.5 Å². The number of hydrogen-bond acceptors (Lipinski definition) is 4. The lowest BCUT2D eigenvalue weighted by Gasteiger charge is -2.37. The summed E-state index contributed by atoms with van der Waals surface area (Å²) in [6.07, 6.45) is 2.94. The second-order valence-corrected chi connectivity index (χ2v) is 7.06. The Kier molecular flexibility index (Phi) is 6.46. The molecule has 0 aliphatic rings. The van der Waals surface area contributed by atoms with Crippen molar-refractivity contribution in [3.8, 4) is 0 Å². The van der Waals surface area contributed by atoms with Crippen LogP contribution in [0.1, 0.15) is 18.1 Å². The fraction of sp³-hybridized carbons (Fsp3) is 0.350. The summed E-state index contributed by atoms with van der Waals surface area (Å²) in [5.41, 5.74) is 3.02. The average molecular weight is 343 g/mol. The van der Waals surface area contributed by atoms with Gasteiger partial charge >= 0.3 is 0 Å². The molecule has 0 saturated carbocycles. The number of hydrogen-bond donors (Lipinski definition) is 0. The van der Waals surface area contributed by atoms with E-state index in [4.69, 9.17) is 4.84 Å². The Morgan fingerprint density at radius 2 is 1.71 bits per heavy atom. The average Bonchev–Trinajstić information content (AvgIpc) is 2.60. The molecular formula is C20H26N2OS. The number of likely N-dealkylation sites (N-methyl/N-ethyl adjacent to an activating group) is 1. The van der Waals surface area contributed by atoms with Crippen LogP contribution in [-0.2, 0) is 11.3 Å². The lowest BCUT2D eigenvalue weighted by atomic mass is 9.83. The normalized spacial score (nSPS) is 14.5. The van der Waals surface area contributed by atoms with Gasteiger partial charge in [0.2, 0.25) is 0 Å². The van der Waals surface area contributed by atoms with Crippen LogP contribution in [0.2, 0.25) is 0 Å². The minimum atomic E-state index is -0.280. The van der Waals surface area contributed by atoms with Gasteiger partial charge in [0.05, 0.1) is 5.54 Å². The largest absolute Gasteiger partial charge is 0.399 e. The topological polar surface area (TPSA) is 24.8 Å². The minimum Gasteiger partial charge on any atom is -0.399 e. The van der Waals surface area contributed by atoms with E-state index in [2.05, 4.69) is 85.9 Å². The summed E-state index contributed by atoms with van der Waals surface area (Å²) in [4.78, 5) is 8.65. The van der Waals surface area contributed by atoms with E-state index in [1.54, 1.807) is 18.9 Å². The molecule has 128 valence electrons. The molecule has 0 aromatic heterocycles. The molecule has 1 unspecified atom stereocenters. The van der Waals surface area contributed by atoms with Crippen LogP contribution in [0.3, 0.4) is 0 Å². The van der Waals surface area contributed by atoms with Crippen molar-refractivity contribution in [3.05, 3.63) is 65.7 Å². The quantitative estimate of drug-likeness (QED) is 0.425. The highest BCUT2D eigenvalue weighted by atomic mass is 32.2. The van der Waals surface area contributed by atoms with E-state index in [0.29, 0.717) is 0 Å². The summed E-state index contributed by atoms with van der Waals surface area (Å²) < 4.78 is 0. The van der Waals surface area contributed by atoms with Gasteiger partial charge in [0, 0.05) is 10.5 Å². The summed E-state index contributed by atoms with van der Waals surface area (Å²) in [7, 11) is 5.78. The highest BCUT2D eigenvalue weighted by molar-refractivity contribution is 7.98. The second-order valence-electron chi connectivity index (χ2n) is 6.18. The van der Waals surface area contributed by atoms with Crippen LogP contribution in [0.5, 0.6) is 0 Å². The fourth-order valence-electron chi connectivity index (χ4n) is 2.75. The van der Waals surface area contributed by atoms with Crippen molar-refractivity contribution in [2.24, 2.45) is 5.16 Å². The van der Waals surface area contributed by atoms with Crippen LogP contribution in [0.15, 0.2) is 64.6 Å². The fourth-order valence-corrected chi connectivity index (χ4v) is 3.16. The highest BCUT2D eigenvalue weighted by Gasteiger charge is 2.35. The van der Waals surface area contributed by atoms with Gasteiger partial charge < -0.3 is 4.84 Å². The Balaban J connectivity index is 2.45. The zero-order valence-corrected chi connectivity index (χ0v) is 15.9. The van der Waals surface area contributed by atoms with Crippen LogP contribution in [-0.4, -0.2) is 43.6 Å². The Morgan fingerprint density at radius 1 is 1.08 bits per heavy atom. The van der Waals surface area contributed by atoms with E-state index in [1.807, 2.05) is 6.07 Å². The molecule has 2 aromatic carbocycles.